The summed E-state index contributed by atoms with van der Waals surface area (Å²) in [6, 6.07) is 9.19. The van der Waals surface area contributed by atoms with Crippen LogP contribution in [0.2, 0.25) is 0 Å². The molecule has 0 fully saturated rings. The van der Waals surface area contributed by atoms with Gasteiger partial charge >= 0.3 is 6.18 Å². The van der Waals surface area contributed by atoms with Crippen molar-refractivity contribution in [1.29, 1.82) is 0 Å². The number of fused-ring (bicyclic) bond motifs is 1. The van der Waals surface area contributed by atoms with Crippen molar-refractivity contribution < 1.29 is 21.9 Å². The molecule has 0 amide bonds. The van der Waals surface area contributed by atoms with E-state index in [1.165, 1.54) is 18.4 Å². The Morgan fingerprint density at radius 3 is 2.33 bits per heavy atom. The second-order valence-corrected chi connectivity index (χ2v) is 5.81. The average molecular weight is 311 g/mol. The van der Waals surface area contributed by atoms with E-state index in [0.717, 1.165) is 17.5 Å². The van der Waals surface area contributed by atoms with Gasteiger partial charge in [0.1, 0.15) is 11.8 Å². The first kappa shape index (κ1) is 13.8. The summed E-state index contributed by atoms with van der Waals surface area (Å²) >= 11 is 0. The zero-order chi connectivity index (χ0) is 15.0. The van der Waals surface area contributed by atoms with Crippen molar-refractivity contribution in [3.63, 3.8) is 0 Å². The molecule has 0 saturated carbocycles. The van der Waals surface area contributed by atoms with Gasteiger partial charge < -0.3 is 4.52 Å². The Kier molecular flexibility index (Phi) is 3.29. The molecule has 3 nitrogen and oxygen atoms in total. The first-order valence-corrected chi connectivity index (χ1v) is 7.03. The molecule has 0 spiro atoms. The molecule has 0 saturated heterocycles. The Morgan fingerprint density at radius 2 is 1.67 bits per heavy atom. The Bertz CT molecular complexity index is 809. The lowest BCUT2D eigenvalue weighted by atomic mass is 10.2. The summed E-state index contributed by atoms with van der Waals surface area (Å²) in [4.78, 5) is 0.752. The van der Waals surface area contributed by atoms with E-state index in [0.29, 0.717) is 15.3 Å². The van der Waals surface area contributed by atoms with Gasteiger partial charge in [-0.2, -0.15) is 13.2 Å². The van der Waals surface area contributed by atoms with Gasteiger partial charge in [0.05, 0.1) is 16.4 Å². The predicted octanol–water partition coefficient (Wildman–Crippen LogP) is 4.01. The minimum atomic E-state index is -4.40. The fourth-order valence-electron chi connectivity index (χ4n) is 1.86. The van der Waals surface area contributed by atoms with Crippen LogP contribution in [0.4, 0.5) is 13.2 Å². The van der Waals surface area contributed by atoms with Gasteiger partial charge in [-0.05, 0) is 42.5 Å². The molecule has 0 aliphatic carbocycles. The highest BCUT2D eigenvalue weighted by Crippen LogP contribution is 2.30. The van der Waals surface area contributed by atoms with Crippen LogP contribution in [0.15, 0.2) is 63.0 Å². The molecule has 0 bridgehead atoms. The lowest BCUT2D eigenvalue weighted by Crippen LogP contribution is -2.04. The van der Waals surface area contributed by atoms with Crippen LogP contribution in [0.1, 0.15) is 5.56 Å². The van der Waals surface area contributed by atoms with Gasteiger partial charge in [0, 0.05) is 15.2 Å². The van der Waals surface area contributed by atoms with Crippen molar-refractivity contribution in [3.8, 4) is 0 Å². The fourth-order valence-corrected chi connectivity index (χ4v) is 2.93. The highest BCUT2D eigenvalue weighted by atomic mass is 32.2. The molecule has 7 heteroatoms. The van der Waals surface area contributed by atoms with Gasteiger partial charge in [-0.1, -0.05) is 5.16 Å². The van der Waals surface area contributed by atoms with Crippen LogP contribution in [0.25, 0.3) is 10.9 Å². The van der Waals surface area contributed by atoms with Gasteiger partial charge in [-0.25, -0.2) is 4.21 Å². The minimum Gasteiger partial charge on any atom is -0.364 e. The zero-order valence-electron chi connectivity index (χ0n) is 10.4. The molecular weight excluding hydrogens is 303 g/mol. The summed E-state index contributed by atoms with van der Waals surface area (Å²) < 4.78 is 54.6. The van der Waals surface area contributed by atoms with Crippen molar-refractivity contribution in [2.45, 2.75) is 16.0 Å². The van der Waals surface area contributed by atoms with Crippen LogP contribution in [-0.4, -0.2) is 9.37 Å². The van der Waals surface area contributed by atoms with E-state index in [1.54, 1.807) is 18.2 Å². The number of aromatic nitrogens is 1. The van der Waals surface area contributed by atoms with Crippen molar-refractivity contribution in [2.75, 3.05) is 0 Å². The Morgan fingerprint density at radius 1 is 1.00 bits per heavy atom. The molecule has 3 rings (SSSR count). The third-order valence-electron chi connectivity index (χ3n) is 2.94. The Balaban J connectivity index is 1.94. The largest absolute Gasteiger partial charge is 0.416 e. The number of rotatable bonds is 2. The van der Waals surface area contributed by atoms with Crippen molar-refractivity contribution in [2.24, 2.45) is 0 Å². The van der Waals surface area contributed by atoms with Gasteiger partial charge in [-0.15, -0.1) is 0 Å². The molecule has 1 aromatic heterocycles. The van der Waals surface area contributed by atoms with Gasteiger partial charge in [-0.3, -0.25) is 0 Å². The molecule has 21 heavy (non-hydrogen) atoms. The summed E-state index contributed by atoms with van der Waals surface area (Å²) in [5.74, 6) is 0. The smallest absolute Gasteiger partial charge is 0.364 e. The molecule has 0 radical (unpaired) electrons. The summed E-state index contributed by atoms with van der Waals surface area (Å²) in [7, 11) is -1.57. The second-order valence-electron chi connectivity index (χ2n) is 4.33. The fraction of sp³-hybridized carbons (Fsp3) is 0.0714. The molecule has 1 atom stereocenters. The van der Waals surface area contributed by atoms with Gasteiger partial charge in [0.2, 0.25) is 0 Å². The van der Waals surface area contributed by atoms with E-state index in [4.69, 9.17) is 4.52 Å². The summed E-state index contributed by atoms with van der Waals surface area (Å²) in [5.41, 5.74) is -0.219. The Labute approximate surface area is 119 Å². The number of hydrogen-bond acceptors (Lipinski definition) is 3. The normalized spacial score (nSPS) is 13.5. The highest BCUT2D eigenvalue weighted by Gasteiger charge is 2.30. The molecular formula is C14H8F3NO2S. The zero-order valence-corrected chi connectivity index (χ0v) is 11.2. The molecule has 1 unspecified atom stereocenters. The second kappa shape index (κ2) is 5.00. The quantitative estimate of drug-likeness (QED) is 0.718. The first-order valence-electron chi connectivity index (χ1n) is 5.88. The predicted molar refractivity (Wildman–Crippen MR) is 70.1 cm³/mol. The number of alkyl halides is 3. The minimum absolute atomic E-state index is 0.297. The van der Waals surface area contributed by atoms with Crippen LogP contribution in [0.3, 0.4) is 0 Å². The Hall–Kier alpha value is -2.15. The van der Waals surface area contributed by atoms with Crippen LogP contribution in [0.5, 0.6) is 0 Å². The van der Waals surface area contributed by atoms with E-state index in [-0.39, 0.29) is 0 Å². The highest BCUT2D eigenvalue weighted by molar-refractivity contribution is 7.85. The monoisotopic (exact) mass is 311 g/mol. The third kappa shape index (κ3) is 2.69. The SMILES string of the molecule is O=S(c1ccc(C(F)(F)F)cc1)c1ccc2conc2c1. The van der Waals surface area contributed by atoms with Gasteiger partial charge in [0.25, 0.3) is 0 Å². The number of nitrogens with zero attached hydrogens (tertiary/aromatic N) is 1. The standard InChI is InChI=1S/C14H8F3NO2S/c15-14(16,17)10-2-5-11(6-3-10)21(19)12-4-1-9-8-20-18-13(9)7-12/h1-8H. The van der Waals surface area contributed by atoms with Crippen LogP contribution in [-0.2, 0) is 17.0 Å². The summed E-state index contributed by atoms with van der Waals surface area (Å²) in [5, 5.41) is 4.51. The third-order valence-corrected chi connectivity index (χ3v) is 4.32. The molecule has 0 aliphatic heterocycles. The lowest BCUT2D eigenvalue weighted by molar-refractivity contribution is -0.137. The van der Waals surface area contributed by atoms with Crippen molar-refractivity contribution >= 4 is 21.7 Å². The first-order chi connectivity index (χ1) is 9.95. The van der Waals surface area contributed by atoms with Crippen LogP contribution >= 0.6 is 0 Å². The number of halogens is 3. The molecule has 2 aromatic carbocycles. The summed E-state index contributed by atoms with van der Waals surface area (Å²) in [6.07, 6.45) is -2.94. The maximum atomic E-state index is 12.5. The van der Waals surface area contributed by atoms with E-state index in [1.807, 2.05) is 0 Å². The maximum absolute atomic E-state index is 12.5. The van der Waals surface area contributed by atoms with E-state index < -0.39 is 22.5 Å². The van der Waals surface area contributed by atoms with E-state index in [2.05, 4.69) is 5.16 Å². The molecule has 3 aromatic rings. The number of hydrogen-bond donors (Lipinski definition) is 0. The van der Waals surface area contributed by atoms with Crippen LogP contribution < -0.4 is 0 Å². The summed E-state index contributed by atoms with van der Waals surface area (Å²) in [6.45, 7) is 0. The average Bonchev–Trinajstić information content (AvgIpc) is 2.93. The van der Waals surface area contributed by atoms with Crippen LogP contribution in [0, 0.1) is 0 Å². The number of benzene rings is 2. The molecule has 108 valence electrons. The van der Waals surface area contributed by atoms with E-state index in [9.17, 15) is 17.4 Å². The van der Waals surface area contributed by atoms with E-state index >= 15 is 0 Å². The lowest BCUT2D eigenvalue weighted by Gasteiger charge is -2.07. The topological polar surface area (TPSA) is 43.1 Å². The molecule has 1 heterocycles. The van der Waals surface area contributed by atoms with Gasteiger partial charge in [0.15, 0.2) is 0 Å². The van der Waals surface area contributed by atoms with Crippen molar-refractivity contribution in [3.05, 3.63) is 54.3 Å². The van der Waals surface area contributed by atoms with Crippen molar-refractivity contribution in [1.82, 2.24) is 5.16 Å². The molecule has 0 aliphatic rings. The maximum Gasteiger partial charge on any atom is 0.416 e. The molecule has 0 N–H and O–H groups in total.